The molecule has 146 valence electrons. The maximum atomic E-state index is 10.2. The van der Waals surface area contributed by atoms with Crippen molar-refractivity contribution in [3.63, 3.8) is 0 Å². The molecule has 11 heteroatoms. The van der Waals surface area contributed by atoms with Crippen LogP contribution in [0.15, 0.2) is 5.11 Å². The van der Waals surface area contributed by atoms with Crippen molar-refractivity contribution in [2.45, 2.75) is 0 Å². The average Bonchev–Trinajstić information content (AvgIpc) is 2.60. The molecule has 0 aliphatic carbocycles. The highest BCUT2D eigenvalue weighted by Crippen LogP contribution is 1.85. The van der Waals surface area contributed by atoms with E-state index in [0.29, 0.717) is 72.6 Å². The Morgan fingerprint density at radius 2 is 1.08 bits per heavy atom. The molecular weight excluding hydrogens is 338 g/mol. The Bertz CT molecular complexity index is 335. The van der Waals surface area contributed by atoms with Crippen LogP contribution in [0.3, 0.4) is 0 Å². The van der Waals surface area contributed by atoms with Gasteiger partial charge in [0.2, 0.25) is 0 Å². The Hall–Kier alpha value is -1.46. The van der Waals surface area contributed by atoms with E-state index in [-0.39, 0.29) is 13.2 Å². The van der Waals surface area contributed by atoms with Gasteiger partial charge in [0.15, 0.2) is 0 Å². The van der Waals surface area contributed by atoms with E-state index in [9.17, 15) is 4.79 Å². The summed E-state index contributed by atoms with van der Waals surface area (Å²) in [6, 6.07) is 0. The summed E-state index contributed by atoms with van der Waals surface area (Å²) in [7, 11) is 0. The highest BCUT2D eigenvalue weighted by molar-refractivity contribution is 5.67. The molecule has 0 spiro atoms. The van der Waals surface area contributed by atoms with Gasteiger partial charge in [-0.05, 0) is 5.53 Å². The largest absolute Gasteiger partial charge is 0.480 e. The van der Waals surface area contributed by atoms with Crippen LogP contribution in [0, 0.1) is 0 Å². The lowest BCUT2D eigenvalue weighted by Gasteiger charge is -2.07. The fourth-order valence-electron chi connectivity index (χ4n) is 1.41. The van der Waals surface area contributed by atoms with Crippen molar-refractivity contribution in [1.82, 2.24) is 0 Å². The zero-order valence-corrected chi connectivity index (χ0v) is 14.3. The van der Waals surface area contributed by atoms with Gasteiger partial charge in [0.05, 0.1) is 72.7 Å². The van der Waals surface area contributed by atoms with Gasteiger partial charge >= 0.3 is 5.97 Å². The molecule has 0 saturated carbocycles. The Kier molecular flexibility index (Phi) is 19.4. The number of azide groups is 1. The van der Waals surface area contributed by atoms with Crippen LogP contribution in [0.2, 0.25) is 0 Å². The number of ether oxygens (including phenoxy) is 6. The number of hydrogen-bond acceptors (Lipinski definition) is 8. The molecule has 0 rings (SSSR count). The van der Waals surface area contributed by atoms with Gasteiger partial charge in [-0.3, -0.25) is 0 Å². The second-order valence-electron chi connectivity index (χ2n) is 4.46. The minimum Gasteiger partial charge on any atom is -0.480 e. The smallest absolute Gasteiger partial charge is 0.329 e. The summed E-state index contributed by atoms with van der Waals surface area (Å²) in [5, 5.41) is 11.7. The molecule has 0 aliphatic rings. The predicted octanol–water partition coefficient (Wildman–Crippen LogP) is 0.481. The highest BCUT2D eigenvalue weighted by atomic mass is 16.6. The Morgan fingerprint density at radius 3 is 1.44 bits per heavy atom. The number of aliphatic carboxylic acids is 1. The van der Waals surface area contributed by atoms with Crippen LogP contribution in [0.4, 0.5) is 0 Å². The van der Waals surface area contributed by atoms with E-state index in [4.69, 9.17) is 39.1 Å². The Balaban J connectivity index is 3.00. The number of carboxylic acids is 1. The topological polar surface area (TPSA) is 141 Å². The van der Waals surface area contributed by atoms with Crippen LogP contribution >= 0.6 is 0 Å². The molecule has 0 aromatic heterocycles. The number of hydrogen-bond donors (Lipinski definition) is 1. The summed E-state index contributed by atoms with van der Waals surface area (Å²) in [5.41, 5.74) is 8.05. The summed E-state index contributed by atoms with van der Waals surface area (Å²) in [5.74, 6) is -0.996. The molecule has 0 unspecified atom stereocenters. The van der Waals surface area contributed by atoms with Crippen LogP contribution in [0.5, 0.6) is 0 Å². The normalized spacial score (nSPS) is 10.6. The van der Waals surface area contributed by atoms with E-state index in [1.54, 1.807) is 0 Å². The molecule has 0 aliphatic heterocycles. The lowest BCUT2D eigenvalue weighted by Crippen LogP contribution is -2.15. The summed E-state index contributed by atoms with van der Waals surface area (Å²) in [6.45, 7) is 4.61. The van der Waals surface area contributed by atoms with Crippen LogP contribution in [0.1, 0.15) is 0 Å². The summed E-state index contributed by atoms with van der Waals surface area (Å²) >= 11 is 0. The lowest BCUT2D eigenvalue weighted by atomic mass is 10.6. The minimum absolute atomic E-state index is 0.244. The van der Waals surface area contributed by atoms with Gasteiger partial charge in [0.25, 0.3) is 0 Å². The van der Waals surface area contributed by atoms with Gasteiger partial charge in [-0.2, -0.15) is 0 Å². The number of carbonyl (C=O) groups is 1. The molecular formula is C14H27N3O8. The lowest BCUT2D eigenvalue weighted by molar-refractivity contribution is -0.142. The van der Waals surface area contributed by atoms with Gasteiger partial charge < -0.3 is 33.5 Å². The molecule has 0 radical (unpaired) electrons. The fourth-order valence-corrected chi connectivity index (χ4v) is 1.41. The maximum absolute atomic E-state index is 10.2. The van der Waals surface area contributed by atoms with Crippen LogP contribution in [-0.4, -0.2) is 96.9 Å². The number of rotatable bonds is 20. The molecule has 0 aromatic rings. The molecule has 0 bridgehead atoms. The van der Waals surface area contributed by atoms with Crippen molar-refractivity contribution < 1.29 is 38.3 Å². The maximum Gasteiger partial charge on any atom is 0.329 e. The molecule has 0 amide bonds. The summed E-state index contributed by atoms with van der Waals surface area (Å²) < 4.78 is 31.0. The van der Waals surface area contributed by atoms with Crippen LogP contribution < -0.4 is 0 Å². The first-order valence-corrected chi connectivity index (χ1v) is 7.96. The molecule has 0 aromatic carbocycles. The second kappa shape index (κ2) is 20.6. The molecule has 0 atom stereocenters. The van der Waals surface area contributed by atoms with Crippen molar-refractivity contribution in [2.75, 3.05) is 85.8 Å². The fraction of sp³-hybridized carbons (Fsp3) is 0.929. The first kappa shape index (κ1) is 23.5. The Labute approximate surface area is 146 Å². The molecule has 11 nitrogen and oxygen atoms in total. The monoisotopic (exact) mass is 365 g/mol. The number of nitrogens with zero attached hydrogens (tertiary/aromatic N) is 3. The van der Waals surface area contributed by atoms with Gasteiger partial charge in [0.1, 0.15) is 6.61 Å². The van der Waals surface area contributed by atoms with E-state index >= 15 is 0 Å². The summed E-state index contributed by atoms with van der Waals surface area (Å²) in [6.07, 6.45) is 0. The molecule has 1 N–H and O–H groups in total. The van der Waals surface area contributed by atoms with Crippen molar-refractivity contribution in [2.24, 2.45) is 5.11 Å². The third-order valence-corrected chi connectivity index (χ3v) is 2.48. The molecule has 25 heavy (non-hydrogen) atoms. The van der Waals surface area contributed by atoms with Gasteiger partial charge in [-0.1, -0.05) is 5.11 Å². The number of carboxylic acid groups (broad SMARTS) is 1. The summed E-state index contributed by atoms with van der Waals surface area (Å²) in [4.78, 5) is 12.8. The highest BCUT2D eigenvalue weighted by Gasteiger charge is 1.96. The van der Waals surface area contributed by atoms with Crippen molar-refractivity contribution in [3.8, 4) is 0 Å². The first-order chi connectivity index (χ1) is 12.3. The molecule has 0 saturated heterocycles. The third-order valence-electron chi connectivity index (χ3n) is 2.48. The molecule has 0 heterocycles. The van der Waals surface area contributed by atoms with Crippen molar-refractivity contribution in [1.29, 1.82) is 0 Å². The predicted molar refractivity (Wildman–Crippen MR) is 86.6 cm³/mol. The Morgan fingerprint density at radius 1 is 0.720 bits per heavy atom. The van der Waals surface area contributed by atoms with E-state index in [1.807, 2.05) is 0 Å². The zero-order valence-electron chi connectivity index (χ0n) is 14.3. The van der Waals surface area contributed by atoms with E-state index in [2.05, 4.69) is 10.0 Å². The quantitative estimate of drug-likeness (QED) is 0.142. The van der Waals surface area contributed by atoms with Gasteiger partial charge in [0, 0.05) is 11.5 Å². The first-order valence-electron chi connectivity index (χ1n) is 7.96. The second-order valence-corrected chi connectivity index (χ2v) is 4.46. The third kappa shape index (κ3) is 22.5. The molecule has 0 fully saturated rings. The van der Waals surface area contributed by atoms with E-state index in [1.165, 1.54) is 0 Å². The van der Waals surface area contributed by atoms with Crippen LogP contribution in [-0.2, 0) is 33.2 Å². The van der Waals surface area contributed by atoms with Gasteiger partial charge in [-0.25, -0.2) is 4.79 Å². The van der Waals surface area contributed by atoms with E-state index in [0.717, 1.165) is 0 Å². The average molecular weight is 365 g/mol. The van der Waals surface area contributed by atoms with E-state index < -0.39 is 5.97 Å². The van der Waals surface area contributed by atoms with Gasteiger partial charge in [-0.15, -0.1) is 0 Å². The van der Waals surface area contributed by atoms with Crippen molar-refractivity contribution >= 4 is 5.97 Å². The SMILES string of the molecule is [N-]=[N+]=NCCOCCOCCOCCOCCOCCOCC(=O)O. The standard InChI is InChI=1S/C14H27N3O8/c15-17-16-1-2-20-3-4-21-5-6-22-7-8-23-9-10-24-11-12-25-13-14(18)19/h1-13H2,(H,18,19). The zero-order chi connectivity index (χ0) is 18.4. The van der Waals surface area contributed by atoms with Crippen LogP contribution in [0.25, 0.3) is 10.4 Å². The van der Waals surface area contributed by atoms with Crippen molar-refractivity contribution in [3.05, 3.63) is 10.4 Å². The minimum atomic E-state index is -0.996.